The van der Waals surface area contributed by atoms with Gasteiger partial charge in [0.1, 0.15) is 0 Å². The van der Waals surface area contributed by atoms with Crippen LogP contribution in [0.4, 0.5) is 5.69 Å². The lowest BCUT2D eigenvalue weighted by molar-refractivity contribution is -0.0586. The zero-order valence-electron chi connectivity index (χ0n) is 14.9. The Labute approximate surface area is 147 Å². The van der Waals surface area contributed by atoms with Gasteiger partial charge in [-0.15, -0.1) is 0 Å². The van der Waals surface area contributed by atoms with Crippen LogP contribution in [-0.2, 0) is 17.7 Å². The molecule has 134 valence electrons. The SMILES string of the molecule is CCc1noc(CNc2ccc(C(=O)N3CC(C)OC(C)C3)cc2)n1. The van der Waals surface area contributed by atoms with Crippen LogP contribution in [0.5, 0.6) is 0 Å². The molecule has 0 aliphatic carbocycles. The van der Waals surface area contributed by atoms with Gasteiger partial charge in [0, 0.05) is 30.8 Å². The molecule has 2 aromatic rings. The fourth-order valence-electron chi connectivity index (χ4n) is 2.94. The number of rotatable bonds is 5. The van der Waals surface area contributed by atoms with Gasteiger partial charge in [-0.1, -0.05) is 12.1 Å². The molecule has 1 aliphatic heterocycles. The maximum absolute atomic E-state index is 12.6. The molecule has 7 heteroatoms. The Bertz CT molecular complexity index is 703. The lowest BCUT2D eigenvalue weighted by Gasteiger charge is -2.35. The number of morpholine rings is 1. The zero-order chi connectivity index (χ0) is 17.8. The number of anilines is 1. The second-order valence-electron chi connectivity index (χ2n) is 6.36. The molecular weight excluding hydrogens is 320 g/mol. The van der Waals surface area contributed by atoms with E-state index in [0.29, 0.717) is 36.9 Å². The molecule has 0 spiro atoms. The third-order valence-corrected chi connectivity index (χ3v) is 4.11. The molecule has 1 aliphatic rings. The highest BCUT2D eigenvalue weighted by molar-refractivity contribution is 5.94. The summed E-state index contributed by atoms with van der Waals surface area (Å²) in [5.41, 5.74) is 1.58. The lowest BCUT2D eigenvalue weighted by atomic mass is 10.1. The first-order valence-electron chi connectivity index (χ1n) is 8.65. The van der Waals surface area contributed by atoms with Crippen molar-refractivity contribution in [3.63, 3.8) is 0 Å². The minimum absolute atomic E-state index is 0.0399. The van der Waals surface area contributed by atoms with Crippen molar-refractivity contribution in [2.45, 2.75) is 45.9 Å². The number of benzene rings is 1. The van der Waals surface area contributed by atoms with Crippen LogP contribution in [0.1, 0.15) is 42.8 Å². The smallest absolute Gasteiger partial charge is 0.254 e. The molecule has 2 unspecified atom stereocenters. The number of hydrogen-bond donors (Lipinski definition) is 1. The van der Waals surface area contributed by atoms with Crippen molar-refractivity contribution >= 4 is 11.6 Å². The van der Waals surface area contributed by atoms with Gasteiger partial charge in [-0.2, -0.15) is 4.98 Å². The van der Waals surface area contributed by atoms with Crippen LogP contribution >= 0.6 is 0 Å². The zero-order valence-corrected chi connectivity index (χ0v) is 14.9. The average molecular weight is 344 g/mol. The third kappa shape index (κ3) is 4.36. The van der Waals surface area contributed by atoms with E-state index in [1.54, 1.807) is 0 Å². The topological polar surface area (TPSA) is 80.5 Å². The van der Waals surface area contributed by atoms with Gasteiger partial charge >= 0.3 is 0 Å². The van der Waals surface area contributed by atoms with Gasteiger partial charge in [0.05, 0.1) is 18.8 Å². The van der Waals surface area contributed by atoms with Crippen LogP contribution in [-0.4, -0.2) is 46.2 Å². The van der Waals surface area contributed by atoms with Gasteiger partial charge in [0.2, 0.25) is 5.89 Å². The molecule has 0 radical (unpaired) electrons. The van der Waals surface area contributed by atoms with Gasteiger partial charge in [-0.25, -0.2) is 0 Å². The van der Waals surface area contributed by atoms with Crippen molar-refractivity contribution < 1.29 is 14.1 Å². The molecule has 1 fully saturated rings. The predicted octanol–water partition coefficient (Wildman–Crippen LogP) is 2.49. The monoisotopic (exact) mass is 344 g/mol. The van der Waals surface area contributed by atoms with Crippen molar-refractivity contribution in [3.05, 3.63) is 41.5 Å². The highest BCUT2D eigenvalue weighted by Crippen LogP contribution is 2.16. The molecule has 1 saturated heterocycles. The number of aryl methyl sites for hydroxylation is 1. The predicted molar refractivity (Wildman–Crippen MR) is 93.4 cm³/mol. The third-order valence-electron chi connectivity index (χ3n) is 4.11. The number of amides is 1. The first kappa shape index (κ1) is 17.4. The first-order chi connectivity index (χ1) is 12.0. The summed E-state index contributed by atoms with van der Waals surface area (Å²) < 4.78 is 10.8. The second-order valence-corrected chi connectivity index (χ2v) is 6.36. The molecule has 25 heavy (non-hydrogen) atoms. The van der Waals surface area contributed by atoms with E-state index in [9.17, 15) is 4.79 Å². The maximum Gasteiger partial charge on any atom is 0.254 e. The number of aromatic nitrogens is 2. The van der Waals surface area contributed by atoms with E-state index in [1.807, 2.05) is 49.9 Å². The Morgan fingerprint density at radius 1 is 1.24 bits per heavy atom. The van der Waals surface area contributed by atoms with E-state index < -0.39 is 0 Å². The minimum atomic E-state index is 0.0399. The fraction of sp³-hybridized carbons (Fsp3) is 0.500. The Balaban J connectivity index is 1.58. The second kappa shape index (κ2) is 7.65. The van der Waals surface area contributed by atoms with Gasteiger partial charge < -0.3 is 19.5 Å². The molecule has 3 rings (SSSR count). The number of hydrogen-bond acceptors (Lipinski definition) is 6. The quantitative estimate of drug-likeness (QED) is 0.897. The molecule has 1 aromatic heterocycles. The van der Waals surface area contributed by atoms with E-state index in [0.717, 1.165) is 12.1 Å². The normalized spacial score (nSPS) is 20.5. The van der Waals surface area contributed by atoms with Crippen molar-refractivity contribution in [2.75, 3.05) is 18.4 Å². The minimum Gasteiger partial charge on any atom is -0.376 e. The Hall–Kier alpha value is -2.41. The van der Waals surface area contributed by atoms with Crippen LogP contribution in [0.3, 0.4) is 0 Å². The largest absolute Gasteiger partial charge is 0.376 e. The molecule has 1 aromatic carbocycles. The van der Waals surface area contributed by atoms with Crippen molar-refractivity contribution in [3.8, 4) is 0 Å². The Kier molecular flexibility index (Phi) is 5.33. The van der Waals surface area contributed by atoms with Crippen molar-refractivity contribution in [1.82, 2.24) is 15.0 Å². The summed E-state index contributed by atoms with van der Waals surface area (Å²) in [6.07, 6.45) is 0.881. The number of nitrogens with zero attached hydrogens (tertiary/aromatic N) is 3. The summed E-state index contributed by atoms with van der Waals surface area (Å²) in [4.78, 5) is 18.7. The molecular formula is C18H24N4O3. The maximum atomic E-state index is 12.6. The van der Waals surface area contributed by atoms with E-state index in [4.69, 9.17) is 9.26 Å². The summed E-state index contributed by atoms with van der Waals surface area (Å²) in [5, 5.41) is 7.08. The summed E-state index contributed by atoms with van der Waals surface area (Å²) >= 11 is 0. The summed E-state index contributed by atoms with van der Waals surface area (Å²) in [6.45, 7) is 7.67. The van der Waals surface area contributed by atoms with Crippen LogP contribution in [0.15, 0.2) is 28.8 Å². The number of nitrogens with one attached hydrogen (secondary N) is 1. The van der Waals surface area contributed by atoms with E-state index in [2.05, 4.69) is 15.5 Å². The number of carbonyl (C=O) groups is 1. The lowest BCUT2D eigenvalue weighted by Crippen LogP contribution is -2.48. The van der Waals surface area contributed by atoms with Gasteiger partial charge in [0.25, 0.3) is 5.91 Å². The molecule has 0 saturated carbocycles. The van der Waals surface area contributed by atoms with E-state index in [1.165, 1.54) is 0 Å². The standard InChI is InChI=1S/C18H24N4O3/c1-4-16-20-17(25-21-16)9-19-15-7-5-14(6-8-15)18(23)22-10-12(2)24-13(3)11-22/h5-8,12-13,19H,4,9-11H2,1-3H3. The van der Waals surface area contributed by atoms with Gasteiger partial charge in [-0.05, 0) is 38.1 Å². The highest BCUT2D eigenvalue weighted by atomic mass is 16.5. The van der Waals surface area contributed by atoms with Crippen LogP contribution in [0.2, 0.25) is 0 Å². The molecule has 1 amide bonds. The summed E-state index contributed by atoms with van der Waals surface area (Å²) in [5.74, 6) is 1.29. The Morgan fingerprint density at radius 2 is 1.92 bits per heavy atom. The molecule has 2 atom stereocenters. The van der Waals surface area contributed by atoms with E-state index >= 15 is 0 Å². The fourth-order valence-corrected chi connectivity index (χ4v) is 2.94. The van der Waals surface area contributed by atoms with Gasteiger partial charge in [0.15, 0.2) is 5.82 Å². The Morgan fingerprint density at radius 3 is 2.52 bits per heavy atom. The van der Waals surface area contributed by atoms with Crippen molar-refractivity contribution in [2.24, 2.45) is 0 Å². The molecule has 7 nitrogen and oxygen atoms in total. The summed E-state index contributed by atoms with van der Waals surface area (Å²) in [6, 6.07) is 7.44. The van der Waals surface area contributed by atoms with Crippen LogP contribution in [0, 0.1) is 0 Å². The molecule has 1 N–H and O–H groups in total. The van der Waals surface area contributed by atoms with Crippen LogP contribution in [0.25, 0.3) is 0 Å². The number of carbonyl (C=O) groups excluding carboxylic acids is 1. The average Bonchev–Trinajstić information content (AvgIpc) is 3.07. The van der Waals surface area contributed by atoms with Crippen LogP contribution < -0.4 is 5.32 Å². The molecule has 2 heterocycles. The number of ether oxygens (including phenoxy) is 1. The first-order valence-corrected chi connectivity index (χ1v) is 8.65. The van der Waals surface area contributed by atoms with Gasteiger partial charge in [-0.3, -0.25) is 4.79 Å². The summed E-state index contributed by atoms with van der Waals surface area (Å²) in [7, 11) is 0. The molecule has 0 bridgehead atoms. The van der Waals surface area contributed by atoms with E-state index in [-0.39, 0.29) is 18.1 Å². The van der Waals surface area contributed by atoms with Crippen molar-refractivity contribution in [1.29, 1.82) is 0 Å². The highest BCUT2D eigenvalue weighted by Gasteiger charge is 2.26.